The number of hydrogen-bond donors (Lipinski definition) is 2. The lowest BCUT2D eigenvalue weighted by atomic mass is 10.2. The van der Waals surface area contributed by atoms with Gasteiger partial charge >= 0.3 is 0 Å². The Morgan fingerprint density at radius 3 is 3.00 bits per heavy atom. The summed E-state index contributed by atoms with van der Waals surface area (Å²) in [5.41, 5.74) is 0.930. The molecule has 0 aliphatic carbocycles. The third-order valence-electron chi connectivity index (χ3n) is 2.93. The zero-order valence-corrected chi connectivity index (χ0v) is 10.6. The summed E-state index contributed by atoms with van der Waals surface area (Å²) in [6.07, 6.45) is 1.45. The van der Waals surface area contributed by atoms with Crippen LogP contribution in [-0.2, 0) is 9.59 Å². The largest absolute Gasteiger partial charge is 0.340 e. The second-order valence-corrected chi connectivity index (χ2v) is 4.47. The van der Waals surface area contributed by atoms with Crippen LogP contribution in [-0.4, -0.2) is 44.3 Å². The normalized spacial score (nSPS) is 19.9. The van der Waals surface area contributed by atoms with E-state index < -0.39 is 6.04 Å². The van der Waals surface area contributed by atoms with E-state index in [1.165, 1.54) is 6.33 Å². The molecular weight excluding hydrogens is 272 g/mol. The van der Waals surface area contributed by atoms with E-state index >= 15 is 0 Å². The van der Waals surface area contributed by atoms with Gasteiger partial charge in [-0.25, -0.2) is 4.98 Å². The average molecular weight is 281 g/mol. The molecule has 8 nitrogen and oxygen atoms in total. The standard InChI is InChI=1S/C10H9ClN6O2/c1-4-9(19)14-5(18)2-17(4)8-6-7(13-3-12-6)15-10(11)16-8/h3-4H,2H2,1H3,(H,14,18,19)(H,12,13,15,16). The molecule has 2 N–H and O–H groups in total. The lowest BCUT2D eigenvalue weighted by Gasteiger charge is -2.32. The number of amides is 2. The van der Waals surface area contributed by atoms with Crippen molar-refractivity contribution in [2.75, 3.05) is 11.4 Å². The highest BCUT2D eigenvalue weighted by atomic mass is 35.5. The fourth-order valence-corrected chi connectivity index (χ4v) is 2.13. The summed E-state index contributed by atoms with van der Waals surface area (Å²) >= 11 is 5.83. The molecule has 3 rings (SSSR count). The summed E-state index contributed by atoms with van der Waals surface area (Å²) in [5, 5.41) is 2.28. The SMILES string of the molecule is CC1C(=O)NC(=O)CN1c1nc(Cl)nc2nc[nH]c12. The molecule has 1 aliphatic heterocycles. The van der Waals surface area contributed by atoms with Crippen molar-refractivity contribution in [1.29, 1.82) is 0 Å². The van der Waals surface area contributed by atoms with Crippen LogP contribution in [0.2, 0.25) is 5.28 Å². The van der Waals surface area contributed by atoms with Crippen molar-refractivity contribution in [2.24, 2.45) is 0 Å². The highest BCUT2D eigenvalue weighted by Gasteiger charge is 2.32. The molecule has 1 aliphatic rings. The number of imide groups is 1. The van der Waals surface area contributed by atoms with Crippen molar-refractivity contribution >= 4 is 40.4 Å². The van der Waals surface area contributed by atoms with Crippen LogP contribution in [0.25, 0.3) is 11.2 Å². The van der Waals surface area contributed by atoms with Gasteiger partial charge in [-0.05, 0) is 18.5 Å². The molecule has 2 aromatic heterocycles. The second kappa shape index (κ2) is 4.16. The Bertz CT molecular complexity index is 684. The third-order valence-corrected chi connectivity index (χ3v) is 3.10. The number of piperazine rings is 1. The molecule has 9 heteroatoms. The van der Waals surface area contributed by atoms with Gasteiger partial charge in [0.1, 0.15) is 11.6 Å². The van der Waals surface area contributed by atoms with Gasteiger partial charge in [-0.3, -0.25) is 14.9 Å². The van der Waals surface area contributed by atoms with Gasteiger partial charge in [0, 0.05) is 0 Å². The van der Waals surface area contributed by atoms with Gasteiger partial charge < -0.3 is 9.88 Å². The summed E-state index contributed by atoms with van der Waals surface area (Å²) in [4.78, 5) is 39.6. The van der Waals surface area contributed by atoms with Gasteiger partial charge in [-0.2, -0.15) is 9.97 Å². The van der Waals surface area contributed by atoms with Crippen molar-refractivity contribution < 1.29 is 9.59 Å². The molecule has 0 bridgehead atoms. The minimum atomic E-state index is -0.532. The number of nitrogens with zero attached hydrogens (tertiary/aromatic N) is 4. The van der Waals surface area contributed by atoms with Crippen LogP contribution in [0.3, 0.4) is 0 Å². The predicted octanol–water partition coefficient (Wildman–Crippen LogP) is -0.142. The first kappa shape index (κ1) is 11.8. The maximum Gasteiger partial charge on any atom is 0.249 e. The first-order valence-electron chi connectivity index (χ1n) is 5.53. The lowest BCUT2D eigenvalue weighted by Crippen LogP contribution is -2.57. The predicted molar refractivity (Wildman–Crippen MR) is 66.7 cm³/mol. The van der Waals surface area contributed by atoms with Crippen LogP contribution in [0, 0.1) is 0 Å². The summed E-state index contributed by atoms with van der Waals surface area (Å²) in [6, 6.07) is -0.532. The zero-order chi connectivity index (χ0) is 13.6. The molecule has 1 fully saturated rings. The monoisotopic (exact) mass is 280 g/mol. The van der Waals surface area contributed by atoms with Crippen molar-refractivity contribution in [1.82, 2.24) is 25.3 Å². The van der Waals surface area contributed by atoms with Gasteiger partial charge in [0.15, 0.2) is 11.5 Å². The van der Waals surface area contributed by atoms with E-state index in [0.29, 0.717) is 17.0 Å². The number of carbonyl (C=O) groups excluding carboxylic acids is 2. The molecule has 3 heterocycles. The van der Waals surface area contributed by atoms with Gasteiger partial charge in [-0.1, -0.05) is 0 Å². The highest BCUT2D eigenvalue weighted by molar-refractivity contribution is 6.28. The molecule has 1 unspecified atom stereocenters. The fourth-order valence-electron chi connectivity index (χ4n) is 1.97. The quantitative estimate of drug-likeness (QED) is 0.556. The molecule has 0 saturated carbocycles. The Hall–Kier alpha value is -2.22. The van der Waals surface area contributed by atoms with E-state index in [1.54, 1.807) is 11.8 Å². The Morgan fingerprint density at radius 1 is 1.42 bits per heavy atom. The van der Waals surface area contributed by atoms with Crippen LogP contribution in [0.4, 0.5) is 5.82 Å². The maximum absolute atomic E-state index is 11.7. The molecule has 1 saturated heterocycles. The minimum absolute atomic E-state index is 0.0141. The van der Waals surface area contributed by atoms with Crippen molar-refractivity contribution in [3.63, 3.8) is 0 Å². The molecule has 1 atom stereocenters. The fraction of sp³-hybridized carbons (Fsp3) is 0.300. The van der Waals surface area contributed by atoms with E-state index in [1.807, 2.05) is 0 Å². The number of fused-ring (bicyclic) bond motifs is 1. The summed E-state index contributed by atoms with van der Waals surface area (Å²) in [7, 11) is 0. The molecule has 19 heavy (non-hydrogen) atoms. The topological polar surface area (TPSA) is 104 Å². The smallest absolute Gasteiger partial charge is 0.249 e. The molecule has 0 aromatic carbocycles. The zero-order valence-electron chi connectivity index (χ0n) is 9.85. The molecule has 0 spiro atoms. The average Bonchev–Trinajstić information content (AvgIpc) is 2.80. The number of hydrogen-bond acceptors (Lipinski definition) is 6. The number of halogens is 1. The number of carbonyl (C=O) groups is 2. The van der Waals surface area contributed by atoms with Crippen molar-refractivity contribution in [3.05, 3.63) is 11.6 Å². The molecular formula is C10H9ClN6O2. The number of aromatic amines is 1. The second-order valence-electron chi connectivity index (χ2n) is 4.13. The Morgan fingerprint density at radius 2 is 2.21 bits per heavy atom. The van der Waals surface area contributed by atoms with E-state index in [2.05, 4.69) is 25.3 Å². The molecule has 2 amide bonds. The van der Waals surface area contributed by atoms with Crippen LogP contribution in [0.5, 0.6) is 0 Å². The van der Waals surface area contributed by atoms with E-state index in [4.69, 9.17) is 11.6 Å². The Kier molecular flexibility index (Phi) is 2.59. The number of nitrogens with one attached hydrogen (secondary N) is 2. The summed E-state index contributed by atoms with van der Waals surface area (Å²) < 4.78 is 0. The summed E-state index contributed by atoms with van der Waals surface area (Å²) in [6.45, 7) is 1.70. The minimum Gasteiger partial charge on any atom is -0.340 e. The number of anilines is 1. The Balaban J connectivity index is 2.14. The van der Waals surface area contributed by atoms with E-state index in [9.17, 15) is 9.59 Å². The van der Waals surface area contributed by atoms with Gasteiger partial charge in [0.2, 0.25) is 17.1 Å². The summed E-state index contributed by atoms with van der Waals surface area (Å²) in [5.74, 6) is -0.368. The van der Waals surface area contributed by atoms with Crippen molar-refractivity contribution in [3.8, 4) is 0 Å². The molecule has 0 radical (unpaired) electrons. The van der Waals surface area contributed by atoms with E-state index in [-0.39, 0.29) is 23.6 Å². The van der Waals surface area contributed by atoms with Crippen LogP contribution in [0.15, 0.2) is 6.33 Å². The Labute approximate surface area is 112 Å². The van der Waals surface area contributed by atoms with Gasteiger partial charge in [0.25, 0.3) is 0 Å². The number of imidazole rings is 1. The lowest BCUT2D eigenvalue weighted by molar-refractivity contribution is -0.132. The van der Waals surface area contributed by atoms with Crippen LogP contribution >= 0.6 is 11.6 Å². The van der Waals surface area contributed by atoms with E-state index in [0.717, 1.165) is 0 Å². The third kappa shape index (κ3) is 1.89. The van der Waals surface area contributed by atoms with Crippen molar-refractivity contribution in [2.45, 2.75) is 13.0 Å². The van der Waals surface area contributed by atoms with Gasteiger partial charge in [-0.15, -0.1) is 0 Å². The number of H-pyrrole nitrogens is 1. The van der Waals surface area contributed by atoms with Gasteiger partial charge in [0.05, 0.1) is 12.9 Å². The molecule has 2 aromatic rings. The molecule has 98 valence electrons. The number of rotatable bonds is 1. The van der Waals surface area contributed by atoms with Crippen LogP contribution in [0.1, 0.15) is 6.92 Å². The van der Waals surface area contributed by atoms with Crippen LogP contribution < -0.4 is 10.2 Å². The first-order valence-corrected chi connectivity index (χ1v) is 5.91. The maximum atomic E-state index is 11.7. The number of aromatic nitrogens is 4. The highest BCUT2D eigenvalue weighted by Crippen LogP contribution is 2.25. The first-order chi connectivity index (χ1) is 9.06.